The van der Waals surface area contributed by atoms with E-state index in [9.17, 15) is 13.2 Å². The van der Waals surface area contributed by atoms with Gasteiger partial charge in [0.15, 0.2) is 0 Å². The topological polar surface area (TPSA) is 12.9 Å². The van der Waals surface area contributed by atoms with E-state index in [0.717, 1.165) is 23.3 Å². The van der Waals surface area contributed by atoms with E-state index in [2.05, 4.69) is 4.98 Å². The van der Waals surface area contributed by atoms with E-state index in [0.29, 0.717) is 27.2 Å². The molecule has 0 aliphatic heterocycles. The predicted octanol–water partition coefficient (Wildman–Crippen LogP) is 7.24. The van der Waals surface area contributed by atoms with Crippen LogP contribution in [0.1, 0.15) is 5.56 Å². The third kappa shape index (κ3) is 3.53. The summed E-state index contributed by atoms with van der Waals surface area (Å²) < 4.78 is 39.6. The Balaban J connectivity index is 2.00. The SMILES string of the molecule is FC(F)(F)c1ccc2nc(-c3ccc(Cl)cc3)cc(-c3ccccc3)c2c1. The van der Waals surface area contributed by atoms with Crippen molar-refractivity contribution in [3.63, 3.8) is 0 Å². The molecule has 134 valence electrons. The number of nitrogens with zero attached hydrogens (tertiary/aromatic N) is 1. The molecule has 0 N–H and O–H groups in total. The summed E-state index contributed by atoms with van der Waals surface area (Å²) in [5.74, 6) is 0. The third-order valence-corrected chi connectivity index (χ3v) is 4.61. The van der Waals surface area contributed by atoms with Gasteiger partial charge < -0.3 is 0 Å². The van der Waals surface area contributed by atoms with E-state index >= 15 is 0 Å². The molecular formula is C22H13ClF3N. The van der Waals surface area contributed by atoms with Crippen LogP contribution in [0.2, 0.25) is 5.02 Å². The van der Waals surface area contributed by atoms with Crippen molar-refractivity contribution < 1.29 is 13.2 Å². The minimum atomic E-state index is -4.41. The summed E-state index contributed by atoms with van der Waals surface area (Å²) >= 11 is 5.95. The zero-order chi connectivity index (χ0) is 19.0. The van der Waals surface area contributed by atoms with Crippen LogP contribution in [0.5, 0.6) is 0 Å². The van der Waals surface area contributed by atoms with Crippen LogP contribution in [0, 0.1) is 0 Å². The number of alkyl halides is 3. The molecule has 0 bridgehead atoms. The fourth-order valence-electron chi connectivity index (χ4n) is 3.03. The molecule has 0 aliphatic carbocycles. The highest BCUT2D eigenvalue weighted by Gasteiger charge is 2.30. The zero-order valence-electron chi connectivity index (χ0n) is 14.0. The molecule has 1 aromatic heterocycles. The van der Waals surface area contributed by atoms with E-state index in [4.69, 9.17) is 11.6 Å². The smallest absolute Gasteiger partial charge is 0.248 e. The van der Waals surface area contributed by atoms with Crippen LogP contribution in [0.15, 0.2) is 78.9 Å². The molecule has 0 unspecified atom stereocenters. The van der Waals surface area contributed by atoms with Gasteiger partial charge in [-0.1, -0.05) is 54.1 Å². The lowest BCUT2D eigenvalue weighted by molar-refractivity contribution is -0.137. The van der Waals surface area contributed by atoms with Crippen molar-refractivity contribution in [1.82, 2.24) is 4.98 Å². The van der Waals surface area contributed by atoms with Crippen molar-refractivity contribution in [2.45, 2.75) is 6.18 Å². The second-order valence-corrected chi connectivity index (χ2v) is 6.59. The molecular weight excluding hydrogens is 371 g/mol. The highest BCUT2D eigenvalue weighted by atomic mass is 35.5. The lowest BCUT2D eigenvalue weighted by atomic mass is 9.97. The summed E-state index contributed by atoms with van der Waals surface area (Å²) in [6, 6.07) is 22.0. The molecule has 1 nitrogen and oxygen atoms in total. The van der Waals surface area contributed by atoms with Gasteiger partial charge in [0, 0.05) is 16.0 Å². The van der Waals surface area contributed by atoms with E-state index in [1.165, 1.54) is 6.07 Å². The molecule has 0 atom stereocenters. The maximum Gasteiger partial charge on any atom is 0.416 e. The molecule has 0 saturated heterocycles. The van der Waals surface area contributed by atoms with Crippen molar-refractivity contribution in [1.29, 1.82) is 0 Å². The number of pyridine rings is 1. The fraction of sp³-hybridized carbons (Fsp3) is 0.0455. The average Bonchev–Trinajstić information content (AvgIpc) is 2.67. The van der Waals surface area contributed by atoms with Gasteiger partial charge in [-0.05, 0) is 47.5 Å². The first kappa shape index (κ1) is 17.6. The Kier molecular flexibility index (Phi) is 4.36. The van der Waals surface area contributed by atoms with E-state index in [-0.39, 0.29) is 0 Å². The summed E-state index contributed by atoms with van der Waals surface area (Å²) in [5, 5.41) is 1.08. The number of benzene rings is 3. The molecule has 27 heavy (non-hydrogen) atoms. The summed E-state index contributed by atoms with van der Waals surface area (Å²) in [6.07, 6.45) is -4.41. The number of hydrogen-bond acceptors (Lipinski definition) is 1. The molecule has 3 aromatic carbocycles. The molecule has 1 heterocycles. The van der Waals surface area contributed by atoms with Crippen LogP contribution in [-0.2, 0) is 6.18 Å². The number of aromatic nitrogens is 1. The monoisotopic (exact) mass is 383 g/mol. The van der Waals surface area contributed by atoms with Crippen LogP contribution in [0.25, 0.3) is 33.3 Å². The predicted molar refractivity (Wildman–Crippen MR) is 103 cm³/mol. The molecule has 0 fully saturated rings. The van der Waals surface area contributed by atoms with Gasteiger partial charge in [-0.2, -0.15) is 13.2 Å². The number of fused-ring (bicyclic) bond motifs is 1. The molecule has 0 saturated carbocycles. The minimum Gasteiger partial charge on any atom is -0.248 e. The van der Waals surface area contributed by atoms with Crippen LogP contribution >= 0.6 is 11.6 Å². The molecule has 4 aromatic rings. The standard InChI is InChI=1S/C22H13ClF3N/c23-17-9-6-15(7-10-17)21-13-18(14-4-2-1-3-5-14)19-12-16(22(24,25)26)8-11-20(19)27-21/h1-13H. The molecule has 0 radical (unpaired) electrons. The Bertz CT molecular complexity index is 1100. The van der Waals surface area contributed by atoms with Crippen LogP contribution < -0.4 is 0 Å². The van der Waals surface area contributed by atoms with Gasteiger partial charge in [0.25, 0.3) is 0 Å². The van der Waals surface area contributed by atoms with Gasteiger partial charge >= 0.3 is 6.18 Å². The first-order chi connectivity index (χ1) is 12.9. The lowest BCUT2D eigenvalue weighted by Crippen LogP contribution is -2.04. The minimum absolute atomic E-state index is 0.466. The molecule has 0 aliphatic rings. The van der Waals surface area contributed by atoms with Gasteiger partial charge in [0.05, 0.1) is 16.8 Å². The normalized spacial score (nSPS) is 11.7. The highest BCUT2D eigenvalue weighted by molar-refractivity contribution is 6.30. The van der Waals surface area contributed by atoms with Crippen LogP contribution in [0.3, 0.4) is 0 Å². The first-order valence-electron chi connectivity index (χ1n) is 8.25. The third-order valence-electron chi connectivity index (χ3n) is 4.36. The summed E-state index contributed by atoms with van der Waals surface area (Å²) in [5.41, 5.74) is 2.88. The van der Waals surface area contributed by atoms with Crippen molar-refractivity contribution in [3.8, 4) is 22.4 Å². The summed E-state index contributed by atoms with van der Waals surface area (Å²) in [7, 11) is 0. The maximum atomic E-state index is 13.2. The van der Waals surface area contributed by atoms with Gasteiger partial charge in [0.2, 0.25) is 0 Å². The Morgan fingerprint density at radius 1 is 0.741 bits per heavy atom. The Morgan fingerprint density at radius 2 is 1.44 bits per heavy atom. The fourth-order valence-corrected chi connectivity index (χ4v) is 3.15. The second kappa shape index (κ2) is 6.71. The Morgan fingerprint density at radius 3 is 2.11 bits per heavy atom. The van der Waals surface area contributed by atoms with Crippen molar-refractivity contribution in [2.75, 3.05) is 0 Å². The number of halogens is 4. The number of rotatable bonds is 2. The van der Waals surface area contributed by atoms with Crippen molar-refractivity contribution in [2.24, 2.45) is 0 Å². The molecule has 0 amide bonds. The van der Waals surface area contributed by atoms with Crippen molar-refractivity contribution >= 4 is 22.5 Å². The van der Waals surface area contributed by atoms with Crippen LogP contribution in [0.4, 0.5) is 13.2 Å². The molecule has 4 rings (SSSR count). The zero-order valence-corrected chi connectivity index (χ0v) is 14.7. The number of hydrogen-bond donors (Lipinski definition) is 0. The Labute approximate surface area is 159 Å². The van der Waals surface area contributed by atoms with Gasteiger partial charge in [-0.15, -0.1) is 0 Å². The van der Waals surface area contributed by atoms with Gasteiger partial charge in [0.1, 0.15) is 0 Å². The van der Waals surface area contributed by atoms with E-state index < -0.39 is 11.7 Å². The Hall–Kier alpha value is -2.85. The second-order valence-electron chi connectivity index (χ2n) is 6.16. The average molecular weight is 384 g/mol. The van der Waals surface area contributed by atoms with Gasteiger partial charge in [-0.3, -0.25) is 0 Å². The molecule has 5 heteroatoms. The summed E-state index contributed by atoms with van der Waals surface area (Å²) in [6.45, 7) is 0. The summed E-state index contributed by atoms with van der Waals surface area (Å²) in [4.78, 5) is 4.57. The quantitative estimate of drug-likeness (QED) is 0.355. The lowest BCUT2D eigenvalue weighted by Gasteiger charge is -2.13. The van der Waals surface area contributed by atoms with Gasteiger partial charge in [-0.25, -0.2) is 4.98 Å². The van der Waals surface area contributed by atoms with Crippen molar-refractivity contribution in [3.05, 3.63) is 89.4 Å². The largest absolute Gasteiger partial charge is 0.416 e. The maximum absolute atomic E-state index is 13.2. The van der Waals surface area contributed by atoms with E-state index in [1.807, 2.05) is 48.5 Å². The van der Waals surface area contributed by atoms with Crippen LogP contribution in [-0.4, -0.2) is 4.98 Å². The first-order valence-corrected chi connectivity index (χ1v) is 8.63. The molecule has 0 spiro atoms. The highest BCUT2D eigenvalue weighted by Crippen LogP contribution is 2.36. The van der Waals surface area contributed by atoms with E-state index in [1.54, 1.807) is 12.1 Å².